The third kappa shape index (κ3) is 2.06. The lowest BCUT2D eigenvalue weighted by molar-refractivity contribution is -0.122. The molecule has 2 aliphatic rings. The lowest BCUT2D eigenvalue weighted by atomic mass is 10.1. The number of carbonyl (C=O) groups excluding carboxylic acids is 2. The summed E-state index contributed by atoms with van der Waals surface area (Å²) in [5.74, 6) is -0.265. The van der Waals surface area contributed by atoms with Crippen LogP contribution in [0.1, 0.15) is 19.4 Å². The van der Waals surface area contributed by atoms with Crippen LogP contribution in [0.2, 0.25) is 0 Å². The highest BCUT2D eigenvalue weighted by Crippen LogP contribution is 2.43. The molecule has 1 fully saturated rings. The van der Waals surface area contributed by atoms with Crippen molar-refractivity contribution in [2.75, 3.05) is 25.0 Å². The molecule has 0 atom stereocenters. The third-order valence-electron chi connectivity index (χ3n) is 3.75. The number of para-hydroxylation sites is 1. The molecule has 2 amide bonds. The van der Waals surface area contributed by atoms with Crippen molar-refractivity contribution in [1.29, 1.82) is 0 Å². The molecule has 2 aliphatic heterocycles. The fraction of sp³-hybridized carbons (Fsp3) is 0.312. The lowest BCUT2D eigenvalue weighted by Crippen LogP contribution is -2.29. The third-order valence-corrected chi connectivity index (χ3v) is 4.87. The van der Waals surface area contributed by atoms with Crippen LogP contribution < -0.4 is 4.90 Å². The summed E-state index contributed by atoms with van der Waals surface area (Å²) >= 11 is 1.30. The number of likely N-dealkylation sites (N-methyl/N-ethyl adjacent to an activating group) is 2. The molecule has 3 rings (SSSR count). The van der Waals surface area contributed by atoms with Crippen LogP contribution in [0.15, 0.2) is 34.2 Å². The predicted molar refractivity (Wildman–Crippen MR) is 89.7 cm³/mol. The van der Waals surface area contributed by atoms with E-state index in [0.717, 1.165) is 11.3 Å². The van der Waals surface area contributed by atoms with Crippen molar-refractivity contribution in [2.24, 2.45) is 4.99 Å². The van der Waals surface area contributed by atoms with E-state index in [1.165, 1.54) is 11.8 Å². The molecule has 2 heterocycles. The Balaban J connectivity index is 2.17. The molecule has 0 saturated carbocycles. The Labute approximate surface area is 133 Å². The highest BCUT2D eigenvalue weighted by molar-refractivity contribution is 8.18. The Bertz CT molecular complexity index is 724. The monoisotopic (exact) mass is 315 g/mol. The smallest absolute Gasteiger partial charge is 0.267 e. The second-order valence-corrected chi connectivity index (χ2v) is 5.97. The van der Waals surface area contributed by atoms with Crippen molar-refractivity contribution in [1.82, 2.24) is 4.90 Å². The van der Waals surface area contributed by atoms with Crippen molar-refractivity contribution in [3.63, 3.8) is 0 Å². The Morgan fingerprint density at radius 1 is 1.14 bits per heavy atom. The average molecular weight is 315 g/mol. The summed E-state index contributed by atoms with van der Waals surface area (Å²) in [7, 11) is 1.73. The van der Waals surface area contributed by atoms with E-state index in [2.05, 4.69) is 4.99 Å². The summed E-state index contributed by atoms with van der Waals surface area (Å²) in [6.45, 7) is 5.00. The zero-order valence-electron chi connectivity index (χ0n) is 12.8. The van der Waals surface area contributed by atoms with Crippen molar-refractivity contribution in [3.05, 3.63) is 34.7 Å². The Hall–Kier alpha value is -2.08. The van der Waals surface area contributed by atoms with E-state index in [4.69, 9.17) is 0 Å². The van der Waals surface area contributed by atoms with Gasteiger partial charge in [0.05, 0.1) is 16.2 Å². The van der Waals surface area contributed by atoms with Gasteiger partial charge in [-0.1, -0.05) is 18.2 Å². The van der Waals surface area contributed by atoms with Crippen molar-refractivity contribution >= 4 is 40.0 Å². The molecule has 5 nitrogen and oxygen atoms in total. The number of carbonyl (C=O) groups is 2. The number of anilines is 1. The number of amides is 2. The van der Waals surface area contributed by atoms with Gasteiger partial charge in [-0.25, -0.2) is 0 Å². The molecule has 0 spiro atoms. The van der Waals surface area contributed by atoms with Gasteiger partial charge in [0.2, 0.25) is 0 Å². The maximum Gasteiger partial charge on any atom is 0.267 e. The van der Waals surface area contributed by atoms with E-state index in [1.807, 2.05) is 38.1 Å². The van der Waals surface area contributed by atoms with Gasteiger partial charge in [0, 0.05) is 25.7 Å². The van der Waals surface area contributed by atoms with E-state index >= 15 is 0 Å². The van der Waals surface area contributed by atoms with Crippen LogP contribution in [0.4, 0.5) is 5.69 Å². The number of thioether (sulfide) groups is 1. The highest BCUT2D eigenvalue weighted by Gasteiger charge is 2.40. The zero-order valence-corrected chi connectivity index (χ0v) is 13.6. The topological polar surface area (TPSA) is 53.0 Å². The van der Waals surface area contributed by atoms with Crippen molar-refractivity contribution in [2.45, 2.75) is 13.8 Å². The minimum atomic E-state index is -0.133. The molecule has 0 aliphatic carbocycles. The molecule has 1 aromatic rings. The fourth-order valence-electron chi connectivity index (χ4n) is 2.68. The van der Waals surface area contributed by atoms with E-state index < -0.39 is 0 Å². The lowest BCUT2D eigenvalue weighted by Gasteiger charge is -2.11. The van der Waals surface area contributed by atoms with Gasteiger partial charge in [-0.05, 0) is 31.7 Å². The number of nitrogens with zero attached hydrogens (tertiary/aromatic N) is 3. The Morgan fingerprint density at radius 3 is 2.55 bits per heavy atom. The molecule has 1 aromatic carbocycles. The largest absolute Gasteiger partial charge is 0.311 e. The van der Waals surface area contributed by atoms with Gasteiger partial charge in [-0.15, -0.1) is 0 Å². The number of benzene rings is 1. The molecule has 114 valence electrons. The average Bonchev–Trinajstić information content (AvgIpc) is 2.96. The predicted octanol–water partition coefficient (Wildman–Crippen LogP) is 2.35. The first-order valence-corrected chi connectivity index (χ1v) is 8.07. The van der Waals surface area contributed by atoms with Crippen LogP contribution in [0.25, 0.3) is 5.57 Å². The van der Waals surface area contributed by atoms with Gasteiger partial charge in [-0.2, -0.15) is 0 Å². The standard InChI is InChI=1S/C16H17N3O2S/c1-4-17-16-19(5-2)15(21)13(22-16)12-10-8-6-7-9-11(10)18(3)14(12)20/h6-9H,4-5H2,1-3H3/b13-12-,17-16?. The number of hydrogen-bond acceptors (Lipinski definition) is 4. The van der Waals surface area contributed by atoms with E-state index in [9.17, 15) is 9.59 Å². The van der Waals surface area contributed by atoms with Gasteiger partial charge in [0.1, 0.15) is 0 Å². The first-order valence-electron chi connectivity index (χ1n) is 7.26. The molecule has 22 heavy (non-hydrogen) atoms. The molecule has 0 unspecified atom stereocenters. The second kappa shape index (κ2) is 5.61. The quantitative estimate of drug-likeness (QED) is 0.787. The first kappa shape index (κ1) is 14.8. The summed E-state index contributed by atoms with van der Waals surface area (Å²) in [6, 6.07) is 7.55. The van der Waals surface area contributed by atoms with Gasteiger partial charge < -0.3 is 4.90 Å². The van der Waals surface area contributed by atoms with E-state index in [1.54, 1.807) is 16.8 Å². The number of amidine groups is 1. The van der Waals surface area contributed by atoms with Crippen molar-refractivity contribution < 1.29 is 9.59 Å². The molecule has 0 radical (unpaired) electrons. The van der Waals surface area contributed by atoms with Crippen LogP contribution in [0, 0.1) is 0 Å². The normalized spacial score (nSPS) is 23.0. The number of aliphatic imine (C=N–C) groups is 1. The molecule has 0 aromatic heterocycles. The SMILES string of the molecule is CCN=C1S/C(=C2\C(=O)N(C)c3ccccc32)C(=O)N1CC. The minimum absolute atomic E-state index is 0.131. The van der Waals surface area contributed by atoms with Crippen LogP contribution in [-0.2, 0) is 9.59 Å². The summed E-state index contributed by atoms with van der Waals surface area (Å²) in [4.78, 5) is 33.3. The summed E-state index contributed by atoms with van der Waals surface area (Å²) in [5, 5.41) is 0.678. The van der Waals surface area contributed by atoms with E-state index in [0.29, 0.717) is 28.7 Å². The van der Waals surface area contributed by atoms with Crippen molar-refractivity contribution in [3.8, 4) is 0 Å². The van der Waals surface area contributed by atoms with Crippen LogP contribution in [0.3, 0.4) is 0 Å². The summed E-state index contributed by atoms with van der Waals surface area (Å²) < 4.78 is 0. The molecule has 6 heteroatoms. The van der Waals surface area contributed by atoms with Gasteiger partial charge in [0.25, 0.3) is 11.8 Å². The maximum absolute atomic E-state index is 12.7. The number of rotatable bonds is 2. The first-order chi connectivity index (χ1) is 10.6. The maximum atomic E-state index is 12.7. The van der Waals surface area contributed by atoms with Gasteiger partial charge >= 0.3 is 0 Å². The molecule has 0 N–H and O–H groups in total. The molecular formula is C16H17N3O2S. The van der Waals surface area contributed by atoms with Crippen LogP contribution in [-0.4, -0.2) is 42.0 Å². The minimum Gasteiger partial charge on any atom is -0.311 e. The van der Waals surface area contributed by atoms with E-state index in [-0.39, 0.29) is 11.8 Å². The number of fused-ring (bicyclic) bond motifs is 1. The Morgan fingerprint density at radius 2 is 1.86 bits per heavy atom. The highest BCUT2D eigenvalue weighted by atomic mass is 32.2. The van der Waals surface area contributed by atoms with Gasteiger partial charge in [-0.3, -0.25) is 19.5 Å². The fourth-order valence-corrected chi connectivity index (χ4v) is 3.87. The summed E-state index contributed by atoms with van der Waals surface area (Å²) in [5.41, 5.74) is 2.15. The van der Waals surface area contributed by atoms with Gasteiger partial charge in [0.15, 0.2) is 5.17 Å². The zero-order chi connectivity index (χ0) is 15.9. The molecular weight excluding hydrogens is 298 g/mol. The van der Waals surface area contributed by atoms with Crippen LogP contribution >= 0.6 is 11.8 Å². The molecule has 0 bridgehead atoms. The Kier molecular flexibility index (Phi) is 3.78. The number of hydrogen-bond donors (Lipinski definition) is 0. The summed E-state index contributed by atoms with van der Waals surface area (Å²) in [6.07, 6.45) is 0. The molecule has 1 saturated heterocycles. The second-order valence-electron chi connectivity index (χ2n) is 4.99. The van der Waals surface area contributed by atoms with Crippen LogP contribution in [0.5, 0.6) is 0 Å².